The number of nitrogens with one attached hydrogen (secondary N) is 1. The summed E-state index contributed by atoms with van der Waals surface area (Å²) in [5.74, 6) is -0.201. The Morgan fingerprint density at radius 1 is 1.17 bits per heavy atom. The van der Waals surface area contributed by atoms with Crippen molar-refractivity contribution in [3.8, 4) is 11.3 Å². The van der Waals surface area contributed by atoms with Crippen LogP contribution >= 0.6 is 0 Å². The molecule has 1 amide bonds. The Hall–Kier alpha value is -4.31. The Morgan fingerprint density at radius 3 is 2.57 bits per heavy atom. The number of methoxy groups -OCH3 is 1. The number of carbonyl (C=O) groups excluding carboxylic acids is 1. The first-order chi connectivity index (χ1) is 20.2. The number of nitrogens with zero attached hydrogens (tertiary/aromatic N) is 5. The molecule has 1 unspecified atom stereocenters. The van der Waals surface area contributed by atoms with E-state index in [-0.39, 0.29) is 12.0 Å². The predicted octanol–water partition coefficient (Wildman–Crippen LogP) is 6.04. The number of alkyl carbamates (subject to hydrolysis) is 1. The fourth-order valence-corrected chi connectivity index (χ4v) is 6.40. The number of aromatic nitrogens is 5. The quantitative estimate of drug-likeness (QED) is 0.267. The number of hydrogen-bond acceptors (Lipinski definition) is 6. The van der Waals surface area contributed by atoms with Gasteiger partial charge in [-0.3, -0.25) is 4.98 Å². The first kappa shape index (κ1) is 27.8. The van der Waals surface area contributed by atoms with Crippen molar-refractivity contribution < 1.29 is 18.7 Å². The van der Waals surface area contributed by atoms with Crippen LogP contribution in [0.25, 0.3) is 33.2 Å². The van der Waals surface area contributed by atoms with Crippen LogP contribution in [0.5, 0.6) is 0 Å². The summed E-state index contributed by atoms with van der Waals surface area (Å²) in [6.45, 7) is 6.75. The molecule has 42 heavy (non-hydrogen) atoms. The van der Waals surface area contributed by atoms with Crippen LogP contribution in [0.15, 0.2) is 54.7 Å². The second-order valence-electron chi connectivity index (χ2n) is 11.5. The van der Waals surface area contributed by atoms with Crippen molar-refractivity contribution in [2.75, 3.05) is 20.3 Å². The minimum Gasteiger partial charge on any atom is -0.453 e. The molecule has 1 aliphatic heterocycles. The molecule has 1 aliphatic rings. The van der Waals surface area contributed by atoms with Crippen molar-refractivity contribution in [3.63, 3.8) is 0 Å². The fraction of sp³-hybridized carbons (Fsp3) is 0.375. The van der Waals surface area contributed by atoms with Gasteiger partial charge >= 0.3 is 6.09 Å². The van der Waals surface area contributed by atoms with Crippen molar-refractivity contribution in [3.05, 3.63) is 77.4 Å². The van der Waals surface area contributed by atoms with E-state index in [1.165, 1.54) is 7.11 Å². The minimum absolute atomic E-state index is 0.181. The van der Waals surface area contributed by atoms with E-state index >= 15 is 4.39 Å². The van der Waals surface area contributed by atoms with E-state index in [9.17, 15) is 4.79 Å². The number of fused-ring (bicyclic) bond motifs is 3. The first-order valence-electron chi connectivity index (χ1n) is 14.2. The van der Waals surface area contributed by atoms with Gasteiger partial charge in [-0.2, -0.15) is 0 Å². The minimum atomic E-state index is -1.04. The smallest absolute Gasteiger partial charge is 0.407 e. The summed E-state index contributed by atoms with van der Waals surface area (Å²) in [4.78, 5) is 17.1. The zero-order chi connectivity index (χ0) is 29.6. The van der Waals surface area contributed by atoms with Gasteiger partial charge in [0.2, 0.25) is 0 Å². The fourth-order valence-electron chi connectivity index (χ4n) is 6.40. The molecular weight excluding hydrogens is 535 g/mol. The summed E-state index contributed by atoms with van der Waals surface area (Å²) in [7, 11) is 3.15. The molecule has 1 saturated heterocycles. The monoisotopic (exact) mass is 570 g/mol. The molecule has 5 aromatic rings. The van der Waals surface area contributed by atoms with Crippen molar-refractivity contribution in [1.29, 1.82) is 0 Å². The van der Waals surface area contributed by atoms with E-state index in [1.54, 1.807) is 30.8 Å². The van der Waals surface area contributed by atoms with Crippen LogP contribution in [-0.2, 0) is 22.1 Å². The second-order valence-corrected chi connectivity index (χ2v) is 11.5. The van der Waals surface area contributed by atoms with Gasteiger partial charge in [0, 0.05) is 43.0 Å². The summed E-state index contributed by atoms with van der Waals surface area (Å²) < 4.78 is 31.5. The molecule has 0 aliphatic carbocycles. The van der Waals surface area contributed by atoms with Crippen LogP contribution in [0, 0.1) is 18.7 Å². The third-order valence-electron chi connectivity index (χ3n) is 8.41. The number of benzene rings is 2. The molecule has 0 saturated carbocycles. The molecular formula is C32H35FN6O3. The van der Waals surface area contributed by atoms with Gasteiger partial charge < -0.3 is 19.4 Å². The van der Waals surface area contributed by atoms with E-state index in [0.717, 1.165) is 40.9 Å². The highest BCUT2D eigenvalue weighted by atomic mass is 19.1. The van der Waals surface area contributed by atoms with Gasteiger partial charge in [0.05, 0.1) is 46.6 Å². The van der Waals surface area contributed by atoms with Crippen LogP contribution in [-0.4, -0.2) is 51.0 Å². The van der Waals surface area contributed by atoms with Crippen LogP contribution in [0.4, 0.5) is 9.18 Å². The van der Waals surface area contributed by atoms with E-state index in [4.69, 9.17) is 14.5 Å². The lowest BCUT2D eigenvalue weighted by atomic mass is 9.86. The van der Waals surface area contributed by atoms with Crippen LogP contribution < -0.4 is 5.32 Å². The van der Waals surface area contributed by atoms with E-state index in [2.05, 4.69) is 38.4 Å². The molecule has 0 radical (unpaired) electrons. The van der Waals surface area contributed by atoms with Crippen molar-refractivity contribution in [2.24, 2.45) is 13.0 Å². The number of rotatable bonds is 6. The highest BCUT2D eigenvalue weighted by Crippen LogP contribution is 2.43. The van der Waals surface area contributed by atoms with E-state index in [1.807, 2.05) is 38.2 Å². The average Bonchev–Trinajstić information content (AvgIpc) is 3.50. The summed E-state index contributed by atoms with van der Waals surface area (Å²) in [6, 6.07) is 15.8. The molecule has 4 heterocycles. The first-order valence-corrected chi connectivity index (χ1v) is 14.2. The number of halogens is 1. The van der Waals surface area contributed by atoms with Crippen LogP contribution in [0.1, 0.15) is 49.6 Å². The molecule has 2 aromatic carbocycles. The molecule has 0 spiro atoms. The number of hydrogen-bond donors (Lipinski definition) is 1. The molecule has 0 bridgehead atoms. The topological polar surface area (TPSA) is 96.1 Å². The third kappa shape index (κ3) is 4.69. The standard InChI is InChI=1S/C32H35FN6O3/c1-19-28(38(4)37-36-19)22-17-25-27(34-18-22)23-11-12-24(32(2,3)35-31(40)41-5)26(33)30(23)39(25)29(20-9-7-6-8-10-20)21-13-15-42-16-14-21/h6-12,17-18,21,29H,13-16H2,1-5H3,(H,35,40). The maximum atomic E-state index is 17.1. The lowest BCUT2D eigenvalue weighted by molar-refractivity contribution is 0.0552. The molecule has 1 N–H and O–H groups in total. The molecule has 218 valence electrons. The van der Waals surface area contributed by atoms with Gasteiger partial charge in [-0.15, -0.1) is 5.10 Å². The highest BCUT2D eigenvalue weighted by molar-refractivity contribution is 6.07. The van der Waals surface area contributed by atoms with Gasteiger partial charge in [-0.25, -0.2) is 13.9 Å². The van der Waals surface area contributed by atoms with Crippen molar-refractivity contribution in [2.45, 2.75) is 45.2 Å². The molecule has 1 fully saturated rings. The van der Waals surface area contributed by atoms with Gasteiger partial charge in [0.25, 0.3) is 0 Å². The van der Waals surface area contributed by atoms with Gasteiger partial charge in [0.15, 0.2) is 5.82 Å². The Bertz CT molecular complexity index is 1750. The number of aryl methyl sites for hydroxylation is 2. The SMILES string of the molecule is COC(=O)NC(C)(C)c1ccc2c3ncc(-c4c(C)nnn4C)cc3n(C(c3ccccc3)C3CCOCC3)c2c1F. The number of pyridine rings is 1. The third-order valence-corrected chi connectivity index (χ3v) is 8.41. The van der Waals surface area contributed by atoms with E-state index < -0.39 is 17.4 Å². The zero-order valence-electron chi connectivity index (χ0n) is 24.5. The largest absolute Gasteiger partial charge is 0.453 e. The normalized spacial score (nSPS) is 15.3. The maximum absolute atomic E-state index is 17.1. The lowest BCUT2D eigenvalue weighted by Gasteiger charge is -2.33. The summed E-state index contributed by atoms with van der Waals surface area (Å²) >= 11 is 0. The Balaban J connectivity index is 1.69. The Labute approximate surface area is 243 Å². The molecule has 9 nitrogen and oxygen atoms in total. The van der Waals surface area contributed by atoms with Crippen LogP contribution in [0.3, 0.4) is 0 Å². The number of ether oxygens (including phenoxy) is 2. The zero-order valence-corrected chi connectivity index (χ0v) is 24.5. The number of carbonyl (C=O) groups is 1. The van der Waals surface area contributed by atoms with E-state index in [0.29, 0.717) is 35.2 Å². The lowest BCUT2D eigenvalue weighted by Crippen LogP contribution is -2.41. The number of amides is 1. The molecule has 3 aromatic heterocycles. The predicted molar refractivity (Wildman–Crippen MR) is 159 cm³/mol. The second kappa shape index (κ2) is 10.8. The van der Waals surface area contributed by atoms with Crippen LogP contribution in [0.2, 0.25) is 0 Å². The average molecular weight is 571 g/mol. The summed E-state index contributed by atoms with van der Waals surface area (Å²) in [5.41, 5.74) is 4.87. The molecule has 1 atom stereocenters. The Morgan fingerprint density at radius 2 is 1.90 bits per heavy atom. The van der Waals surface area contributed by atoms with Gasteiger partial charge in [0.1, 0.15) is 0 Å². The molecule has 6 rings (SSSR count). The maximum Gasteiger partial charge on any atom is 0.407 e. The molecule has 10 heteroatoms. The van der Waals surface area contributed by atoms with Crippen molar-refractivity contribution in [1.82, 2.24) is 29.9 Å². The summed E-state index contributed by atoms with van der Waals surface area (Å²) in [6.07, 6.45) is 2.86. The Kier molecular flexibility index (Phi) is 7.18. The van der Waals surface area contributed by atoms with Gasteiger partial charge in [-0.1, -0.05) is 47.7 Å². The summed E-state index contributed by atoms with van der Waals surface area (Å²) in [5, 5.41) is 11.9. The van der Waals surface area contributed by atoms with Gasteiger partial charge in [-0.05, 0) is 51.2 Å². The highest BCUT2D eigenvalue weighted by Gasteiger charge is 2.34. The van der Waals surface area contributed by atoms with Crippen molar-refractivity contribution >= 4 is 28.0 Å².